The molecular formula is C78H66O13. The maximum Gasteiger partial charge on any atom is 0.201 e. The summed E-state index contributed by atoms with van der Waals surface area (Å²) in [7, 11) is 1.58. The molecule has 10 aromatic carbocycles. The van der Waals surface area contributed by atoms with Crippen LogP contribution in [0.4, 0.5) is 0 Å². The molecule has 0 unspecified atom stereocenters. The zero-order chi connectivity index (χ0) is 65.5. The predicted molar refractivity (Wildman–Crippen MR) is 359 cm³/mol. The molecule has 0 amide bonds. The molecule has 0 heterocycles. The summed E-state index contributed by atoms with van der Waals surface area (Å²) in [5.41, 5.74) is 7.71. The number of allylic oxidation sites excluding steroid dienone is 5. The Morgan fingerprint density at radius 1 is 0.286 bits per heavy atom. The smallest absolute Gasteiger partial charge is 0.201 e. The van der Waals surface area contributed by atoms with Crippen molar-refractivity contribution in [2.24, 2.45) is 0 Å². The summed E-state index contributed by atoms with van der Waals surface area (Å²) < 4.78 is 5.24. The monoisotopic (exact) mass is 1210 g/mol. The third-order valence-corrected chi connectivity index (χ3v) is 13.0. The predicted octanol–water partition coefficient (Wildman–Crippen LogP) is 16.5. The first kappa shape index (κ1) is 67.8. The number of aromatic hydroxyl groups is 7. The van der Waals surface area contributed by atoms with Crippen molar-refractivity contribution in [2.75, 3.05) is 7.11 Å². The Labute approximate surface area is 528 Å². The SMILES string of the molecule is COc1cc(C)ccc1C(=O)/C=C/c1ccccc1.Cc1ccc(C(=O)/C=C/c2ccccc2)c(O)c1.O=C(/C=C/c1ccccc1)c1c(O)cccc1O.O=C(/C=C/c1ccccc1)c1ccc(O)c(O)c1O.O=C(/C=C/c1ccccc1)c1ccccc1O. The van der Waals surface area contributed by atoms with Gasteiger partial charge in [-0.15, -0.1) is 0 Å². The van der Waals surface area contributed by atoms with Gasteiger partial charge in [0.25, 0.3) is 0 Å². The molecule has 0 radical (unpaired) electrons. The van der Waals surface area contributed by atoms with E-state index in [0.717, 1.165) is 45.0 Å². The van der Waals surface area contributed by atoms with Crippen LogP contribution in [0.25, 0.3) is 30.4 Å². The molecule has 0 spiro atoms. The molecule has 13 heteroatoms. The number of benzene rings is 10. The van der Waals surface area contributed by atoms with E-state index in [1.165, 1.54) is 54.6 Å². The fourth-order valence-electron chi connectivity index (χ4n) is 8.21. The quantitative estimate of drug-likeness (QED) is 0.0271. The lowest BCUT2D eigenvalue weighted by atomic mass is 10.1. The van der Waals surface area contributed by atoms with Gasteiger partial charge in [0.15, 0.2) is 40.4 Å². The van der Waals surface area contributed by atoms with E-state index in [9.17, 15) is 59.7 Å². The molecule has 0 aliphatic heterocycles. The van der Waals surface area contributed by atoms with Crippen LogP contribution in [-0.4, -0.2) is 71.8 Å². The van der Waals surface area contributed by atoms with E-state index < -0.39 is 28.8 Å². The van der Waals surface area contributed by atoms with E-state index in [1.54, 1.807) is 73.9 Å². The van der Waals surface area contributed by atoms with Crippen molar-refractivity contribution in [1.82, 2.24) is 0 Å². The van der Waals surface area contributed by atoms with Crippen molar-refractivity contribution >= 4 is 59.3 Å². The van der Waals surface area contributed by atoms with Crippen LogP contribution in [0.15, 0.2) is 273 Å². The zero-order valence-electron chi connectivity index (χ0n) is 49.9. The largest absolute Gasteiger partial charge is 0.507 e. The number of methoxy groups -OCH3 is 1. The Bertz CT molecular complexity index is 4190. The number of carbonyl (C=O) groups excluding carboxylic acids is 5. The molecular weight excluding hydrogens is 1140 g/mol. The molecule has 0 aromatic heterocycles. The second-order valence-electron chi connectivity index (χ2n) is 19.8. The minimum absolute atomic E-state index is 0.00946. The van der Waals surface area contributed by atoms with Crippen molar-refractivity contribution < 1.29 is 64.5 Å². The van der Waals surface area contributed by atoms with E-state index in [-0.39, 0.29) is 51.5 Å². The zero-order valence-corrected chi connectivity index (χ0v) is 49.9. The van der Waals surface area contributed by atoms with E-state index in [2.05, 4.69) is 0 Å². The van der Waals surface area contributed by atoms with Gasteiger partial charge in [-0.05, 0) is 144 Å². The van der Waals surface area contributed by atoms with Gasteiger partial charge in [-0.2, -0.15) is 0 Å². The number of phenolic OH excluding ortho intramolecular Hbond substituents is 7. The Morgan fingerprint density at radius 3 is 1.00 bits per heavy atom. The average Bonchev–Trinajstić information content (AvgIpc) is 1.49. The second-order valence-corrected chi connectivity index (χ2v) is 19.8. The first-order valence-electron chi connectivity index (χ1n) is 28.3. The highest BCUT2D eigenvalue weighted by Gasteiger charge is 2.16. The Morgan fingerprint density at radius 2 is 0.604 bits per heavy atom. The van der Waals surface area contributed by atoms with Crippen LogP contribution in [0.5, 0.6) is 46.0 Å². The average molecular weight is 1210 g/mol. The lowest BCUT2D eigenvalue weighted by Crippen LogP contribution is -1.99. The van der Waals surface area contributed by atoms with Crippen molar-refractivity contribution in [3.05, 3.63) is 340 Å². The molecule has 13 nitrogen and oxygen atoms in total. The summed E-state index contributed by atoms with van der Waals surface area (Å²) in [6.45, 7) is 3.84. The summed E-state index contributed by atoms with van der Waals surface area (Å²) in [5, 5.41) is 66.4. The van der Waals surface area contributed by atoms with Gasteiger partial charge < -0.3 is 40.5 Å². The van der Waals surface area contributed by atoms with Crippen LogP contribution in [0.3, 0.4) is 0 Å². The molecule has 0 aliphatic rings. The van der Waals surface area contributed by atoms with Crippen molar-refractivity contribution in [3.63, 3.8) is 0 Å². The molecule has 0 fully saturated rings. The van der Waals surface area contributed by atoms with Crippen LogP contribution in [0, 0.1) is 13.8 Å². The van der Waals surface area contributed by atoms with Gasteiger partial charge in [0.2, 0.25) is 5.75 Å². The van der Waals surface area contributed by atoms with E-state index >= 15 is 0 Å². The Hall–Kier alpha value is -12.4. The van der Waals surface area contributed by atoms with Crippen LogP contribution >= 0.6 is 0 Å². The summed E-state index contributed by atoms with van der Waals surface area (Å²) in [4.78, 5) is 59.6. The Balaban J connectivity index is 0.000000181. The van der Waals surface area contributed by atoms with Crippen LogP contribution in [-0.2, 0) is 0 Å². The highest BCUT2D eigenvalue weighted by Crippen LogP contribution is 2.37. The fourth-order valence-corrected chi connectivity index (χ4v) is 8.21. The van der Waals surface area contributed by atoms with Gasteiger partial charge >= 0.3 is 0 Å². The Kier molecular flexibility index (Phi) is 26.3. The maximum atomic E-state index is 12.1. The van der Waals surface area contributed by atoms with Crippen molar-refractivity contribution in [2.45, 2.75) is 13.8 Å². The number of ether oxygens (including phenoxy) is 1. The van der Waals surface area contributed by atoms with Gasteiger partial charge in [0.1, 0.15) is 34.3 Å². The number of phenols is 7. The van der Waals surface area contributed by atoms with Crippen molar-refractivity contribution in [3.8, 4) is 46.0 Å². The molecule has 10 rings (SSSR count). The number of rotatable bonds is 16. The third kappa shape index (κ3) is 21.8. The van der Waals surface area contributed by atoms with Gasteiger partial charge in [0.05, 0.1) is 29.4 Å². The molecule has 456 valence electrons. The summed E-state index contributed by atoms with van der Waals surface area (Å²) in [6.07, 6.45) is 15.6. The minimum Gasteiger partial charge on any atom is -0.507 e. The molecule has 0 bridgehead atoms. The normalized spacial score (nSPS) is 10.7. The highest BCUT2D eigenvalue weighted by atomic mass is 16.5. The topological polar surface area (TPSA) is 236 Å². The van der Waals surface area contributed by atoms with Crippen LogP contribution in [0.2, 0.25) is 0 Å². The van der Waals surface area contributed by atoms with Gasteiger partial charge in [-0.25, -0.2) is 0 Å². The maximum absolute atomic E-state index is 12.1. The van der Waals surface area contributed by atoms with E-state index in [4.69, 9.17) is 4.74 Å². The van der Waals surface area contributed by atoms with Crippen LogP contribution in [0.1, 0.15) is 90.7 Å². The number of carbonyl (C=O) groups is 5. The van der Waals surface area contributed by atoms with Gasteiger partial charge in [0, 0.05) is 0 Å². The first-order chi connectivity index (χ1) is 43.9. The first-order valence-corrected chi connectivity index (χ1v) is 28.3. The van der Waals surface area contributed by atoms with Gasteiger partial charge in [-0.3, -0.25) is 24.0 Å². The number of hydrogen-bond donors (Lipinski definition) is 7. The number of ketones is 5. The second kappa shape index (κ2) is 35.3. The minimum atomic E-state index is -0.695. The molecule has 10 aromatic rings. The van der Waals surface area contributed by atoms with Gasteiger partial charge in [-0.1, -0.05) is 212 Å². The van der Waals surface area contributed by atoms with Crippen LogP contribution < -0.4 is 4.74 Å². The number of hydrogen-bond acceptors (Lipinski definition) is 13. The molecule has 91 heavy (non-hydrogen) atoms. The molecule has 7 N–H and O–H groups in total. The van der Waals surface area contributed by atoms with Crippen molar-refractivity contribution in [1.29, 1.82) is 0 Å². The lowest BCUT2D eigenvalue weighted by molar-refractivity contribution is 0.103. The molecule has 0 saturated carbocycles. The molecule has 0 aliphatic carbocycles. The molecule has 0 atom stereocenters. The lowest BCUT2D eigenvalue weighted by Gasteiger charge is -2.06. The number of aryl methyl sites for hydroxylation is 2. The van der Waals surface area contributed by atoms with E-state index in [0.29, 0.717) is 22.4 Å². The summed E-state index contributed by atoms with van der Waals surface area (Å²) in [6, 6.07) is 71.1. The third-order valence-electron chi connectivity index (χ3n) is 13.0. The number of para-hydroxylation sites is 1. The summed E-state index contributed by atoms with van der Waals surface area (Å²) in [5.74, 6) is -2.94. The van der Waals surface area contributed by atoms with E-state index in [1.807, 2.05) is 190 Å². The standard InChI is InChI=1S/C17H16O2.C16H14O2.C15H12O4.C15H12O3.C15H12O2/c1-13-8-10-15(17(12-13)19-2)16(18)11-9-14-6-4-3-5-7-14;1-12-7-9-14(16(18)11-12)15(17)10-8-13-5-3-2-4-6-13;16-12(8-6-10-4-2-1-3-5-10)11-7-9-13(17)15(19)14(11)18;16-12-7-4-8-13(17)15(12)14(18)10-9-11-5-2-1-3-6-11;16-14-9-5-4-8-13(14)15(17)11-10-12-6-2-1-3-7-12/h3-12H,1-2H3;2-11,18H,1H3;1-9,17-19H;1-10,16-17H;1-11,16H/b11-9+;10-8+;8-6+;10-9+;11-10+. The fraction of sp³-hybridized carbons (Fsp3) is 0.0385. The highest BCUT2D eigenvalue weighted by molar-refractivity contribution is 6.12. The molecule has 0 saturated heterocycles. The summed E-state index contributed by atoms with van der Waals surface area (Å²) >= 11 is 0.